The maximum atomic E-state index is 11.5. The lowest BCUT2D eigenvalue weighted by atomic mass is 10.00. The maximum Gasteiger partial charge on any atom is 0.344 e. The monoisotopic (exact) mass is 272 g/mol. The van der Waals surface area contributed by atoms with Crippen molar-refractivity contribution in [1.29, 1.82) is 0 Å². The van der Waals surface area contributed by atoms with Crippen molar-refractivity contribution in [3.63, 3.8) is 0 Å². The molecule has 1 aliphatic heterocycles. The Morgan fingerprint density at radius 1 is 1.42 bits per heavy atom. The molecule has 0 aliphatic carbocycles. The third-order valence-corrected chi connectivity index (χ3v) is 2.75. The quantitative estimate of drug-likeness (QED) is 0.358. The van der Waals surface area contributed by atoms with E-state index in [1.807, 2.05) is 0 Å². The molecule has 0 aromatic rings. The van der Waals surface area contributed by atoms with Gasteiger partial charge in [-0.05, 0) is 13.6 Å². The number of carbonyl (C=O) groups excluding carboxylic acids is 2. The van der Waals surface area contributed by atoms with Crippen LogP contribution >= 0.6 is 0 Å². The normalized spacial score (nSPS) is 31.1. The van der Waals surface area contributed by atoms with Crippen LogP contribution in [0.4, 0.5) is 4.79 Å². The third kappa shape index (κ3) is 3.44. The number of ether oxygens (including phenoxy) is 1. The van der Waals surface area contributed by atoms with Crippen LogP contribution in [0.1, 0.15) is 6.92 Å². The first-order valence-corrected chi connectivity index (χ1v) is 5.53. The second-order valence-electron chi connectivity index (χ2n) is 4.02. The van der Waals surface area contributed by atoms with Crippen molar-refractivity contribution in [2.75, 3.05) is 6.61 Å². The number of urea groups is 1. The Balaban J connectivity index is 2.91. The van der Waals surface area contributed by atoms with Gasteiger partial charge in [0.05, 0.1) is 6.61 Å². The average molecular weight is 272 g/mol. The fourth-order valence-corrected chi connectivity index (χ4v) is 1.73. The molecule has 8 nitrogen and oxygen atoms in total. The summed E-state index contributed by atoms with van der Waals surface area (Å²) in [5, 5.41) is 30.5. The van der Waals surface area contributed by atoms with Crippen molar-refractivity contribution in [1.82, 2.24) is 5.32 Å². The van der Waals surface area contributed by atoms with Crippen molar-refractivity contribution < 1.29 is 29.6 Å². The second-order valence-corrected chi connectivity index (χ2v) is 4.02. The molecular weight excluding hydrogens is 256 g/mol. The van der Waals surface area contributed by atoms with E-state index in [0.29, 0.717) is 0 Å². The molecule has 0 spiro atoms. The molecule has 8 heteroatoms. The minimum absolute atomic E-state index is 0.0421. The van der Waals surface area contributed by atoms with E-state index in [1.165, 1.54) is 6.92 Å². The Bertz CT molecular complexity index is 408. The molecule has 2 amide bonds. The number of hydrogen-bond donors (Lipinski definition) is 4. The predicted octanol–water partition coefficient (Wildman–Crippen LogP) is -1.65. The molecular formula is C11H16N2O6. The largest absolute Gasteiger partial charge is 0.394 e. The van der Waals surface area contributed by atoms with E-state index in [0.717, 1.165) is 6.20 Å². The molecule has 1 rings (SSSR count). The first-order valence-electron chi connectivity index (χ1n) is 5.53. The molecule has 0 bridgehead atoms. The molecule has 1 aliphatic rings. The van der Waals surface area contributed by atoms with Gasteiger partial charge in [0.25, 0.3) is 0 Å². The zero-order chi connectivity index (χ0) is 14.6. The number of aliphatic imine (C=N–C) groups is 1. The number of carbonyl (C=O) groups is 2. The van der Waals surface area contributed by atoms with E-state index in [1.54, 1.807) is 0 Å². The predicted molar refractivity (Wildman–Crippen MR) is 64.6 cm³/mol. The molecule has 4 atom stereocenters. The Morgan fingerprint density at radius 3 is 2.47 bits per heavy atom. The molecule has 1 saturated heterocycles. The lowest BCUT2D eigenvalue weighted by molar-refractivity contribution is -0.115. The Labute approximate surface area is 109 Å². The van der Waals surface area contributed by atoms with Crippen LogP contribution < -0.4 is 5.32 Å². The highest BCUT2D eigenvalue weighted by atomic mass is 16.6. The summed E-state index contributed by atoms with van der Waals surface area (Å²) >= 11 is 0. The molecule has 1 heterocycles. The van der Waals surface area contributed by atoms with E-state index >= 15 is 0 Å². The first-order chi connectivity index (χ1) is 8.92. The van der Waals surface area contributed by atoms with Crippen molar-refractivity contribution >= 4 is 18.5 Å². The lowest BCUT2D eigenvalue weighted by Crippen LogP contribution is -2.35. The van der Waals surface area contributed by atoms with Gasteiger partial charge < -0.3 is 25.4 Å². The van der Waals surface area contributed by atoms with E-state index in [9.17, 15) is 19.8 Å². The summed E-state index contributed by atoms with van der Waals surface area (Å²) in [6.07, 6.45) is -3.77. The summed E-state index contributed by atoms with van der Waals surface area (Å²) in [5.41, 5.74) is -0.0421. The molecule has 1 fully saturated rings. The fraction of sp³-hybridized carbons (Fsp3) is 0.545. The molecule has 4 N–H and O–H groups in total. The summed E-state index contributed by atoms with van der Waals surface area (Å²) in [6.45, 7) is 3.72. The summed E-state index contributed by atoms with van der Waals surface area (Å²) in [6, 6.07) is -0.773. The van der Waals surface area contributed by atoms with Gasteiger partial charge in [-0.15, -0.1) is 0 Å². The van der Waals surface area contributed by atoms with Crippen LogP contribution in [0.25, 0.3) is 0 Å². The van der Waals surface area contributed by atoms with Gasteiger partial charge in [-0.25, -0.2) is 9.79 Å². The highest BCUT2D eigenvalue weighted by Gasteiger charge is 2.44. The van der Waals surface area contributed by atoms with Gasteiger partial charge in [0.15, 0.2) is 5.78 Å². The van der Waals surface area contributed by atoms with Crippen LogP contribution in [0.3, 0.4) is 0 Å². The van der Waals surface area contributed by atoms with E-state index in [2.05, 4.69) is 17.0 Å². The average Bonchev–Trinajstić information content (AvgIpc) is 2.66. The molecule has 0 aromatic carbocycles. The van der Waals surface area contributed by atoms with Crippen LogP contribution in [0.15, 0.2) is 16.8 Å². The van der Waals surface area contributed by atoms with Gasteiger partial charge in [0.1, 0.15) is 24.4 Å². The molecule has 1 unspecified atom stereocenters. The number of amides is 2. The number of aliphatic hydroxyl groups excluding tert-OH is 3. The summed E-state index contributed by atoms with van der Waals surface area (Å²) in [7, 11) is 0. The number of nitrogens with zero attached hydrogens (tertiary/aromatic N) is 1. The number of rotatable bonds is 4. The smallest absolute Gasteiger partial charge is 0.344 e. The first kappa shape index (κ1) is 15.4. The van der Waals surface area contributed by atoms with Crippen LogP contribution in [-0.4, -0.2) is 64.9 Å². The van der Waals surface area contributed by atoms with Gasteiger partial charge in [0.2, 0.25) is 0 Å². The minimum atomic E-state index is -1.37. The number of aliphatic hydroxyl groups is 3. The van der Waals surface area contributed by atoms with Gasteiger partial charge in [0, 0.05) is 11.8 Å². The second kappa shape index (κ2) is 6.53. The maximum absolute atomic E-state index is 11.5. The summed E-state index contributed by atoms with van der Waals surface area (Å²) in [4.78, 5) is 25.5. The SMILES string of the molecule is C=NC(=O)N/C=C(\C(C)=O)[C@@H]1O[C@H](CO)C(O)[C@@H]1O. The fourth-order valence-electron chi connectivity index (χ4n) is 1.73. The third-order valence-electron chi connectivity index (χ3n) is 2.75. The van der Waals surface area contributed by atoms with Gasteiger partial charge in [-0.3, -0.25) is 4.79 Å². The van der Waals surface area contributed by atoms with Gasteiger partial charge in [-0.1, -0.05) is 0 Å². The van der Waals surface area contributed by atoms with Crippen molar-refractivity contribution in [3.8, 4) is 0 Å². The van der Waals surface area contributed by atoms with E-state index in [-0.39, 0.29) is 5.57 Å². The van der Waals surface area contributed by atoms with Gasteiger partial charge >= 0.3 is 6.03 Å². The number of Topliss-reactive ketones (excluding diaryl/α,β-unsaturated/α-hetero) is 1. The zero-order valence-electron chi connectivity index (χ0n) is 10.3. The molecule has 0 saturated carbocycles. The summed E-state index contributed by atoms with van der Waals surface area (Å²) < 4.78 is 5.19. The van der Waals surface area contributed by atoms with Crippen molar-refractivity contribution in [2.24, 2.45) is 4.99 Å². The van der Waals surface area contributed by atoms with Crippen LogP contribution in [0.5, 0.6) is 0 Å². The Morgan fingerprint density at radius 2 is 2.05 bits per heavy atom. The molecule has 0 radical (unpaired) electrons. The van der Waals surface area contributed by atoms with E-state index in [4.69, 9.17) is 9.84 Å². The standard InChI is InChI=1S/C11H16N2O6/c1-5(15)6(3-13-11(18)12-2)10-9(17)8(16)7(4-14)19-10/h3,7-10,14,16-17H,2,4H2,1H3,(H,13,18)/b6-3+/t7-,8?,9+,10+/m1/s1. The number of nitrogens with one attached hydrogen (secondary N) is 1. The van der Waals surface area contributed by atoms with Crippen molar-refractivity contribution in [2.45, 2.75) is 31.3 Å². The van der Waals surface area contributed by atoms with E-state index < -0.39 is 42.8 Å². The Kier molecular flexibility index (Phi) is 5.31. The number of hydrogen-bond acceptors (Lipinski definition) is 6. The van der Waals surface area contributed by atoms with Crippen LogP contribution in [0, 0.1) is 0 Å². The molecule has 0 aromatic heterocycles. The molecule has 19 heavy (non-hydrogen) atoms. The summed E-state index contributed by atoms with van der Waals surface area (Å²) in [5.74, 6) is -0.459. The number of ketones is 1. The van der Waals surface area contributed by atoms with Crippen LogP contribution in [0.2, 0.25) is 0 Å². The zero-order valence-corrected chi connectivity index (χ0v) is 10.3. The van der Waals surface area contributed by atoms with Gasteiger partial charge in [-0.2, -0.15) is 0 Å². The lowest BCUT2D eigenvalue weighted by Gasteiger charge is -2.16. The van der Waals surface area contributed by atoms with Crippen LogP contribution in [-0.2, 0) is 9.53 Å². The minimum Gasteiger partial charge on any atom is -0.394 e. The van der Waals surface area contributed by atoms with Crippen molar-refractivity contribution in [3.05, 3.63) is 11.8 Å². The highest BCUT2D eigenvalue weighted by molar-refractivity contribution is 5.95. The molecule has 106 valence electrons. The topological polar surface area (TPSA) is 128 Å². The Hall–Kier alpha value is -1.61. The highest BCUT2D eigenvalue weighted by Crippen LogP contribution is 2.26.